The molecule has 1 aromatic carbocycles. The van der Waals surface area contributed by atoms with Crippen molar-refractivity contribution in [1.82, 2.24) is 24.3 Å². The summed E-state index contributed by atoms with van der Waals surface area (Å²) in [6.45, 7) is 4.88. The van der Waals surface area contributed by atoms with Gasteiger partial charge in [0.25, 0.3) is 11.5 Å². The summed E-state index contributed by atoms with van der Waals surface area (Å²) in [5, 5.41) is 1.02. The summed E-state index contributed by atoms with van der Waals surface area (Å²) in [7, 11) is 0. The van der Waals surface area contributed by atoms with Crippen LogP contribution in [0, 0.1) is 5.82 Å². The number of benzene rings is 1. The highest BCUT2D eigenvalue weighted by Crippen LogP contribution is 2.44. The van der Waals surface area contributed by atoms with E-state index in [0.29, 0.717) is 60.6 Å². The zero-order valence-corrected chi connectivity index (χ0v) is 25.0. The first-order valence-electron chi connectivity index (χ1n) is 16.2. The number of carbonyl (C=O) groups excluding carboxylic acids is 1. The van der Waals surface area contributed by atoms with Gasteiger partial charge in [-0.25, -0.2) is 9.37 Å². The highest BCUT2D eigenvalue weighted by atomic mass is 19.1. The van der Waals surface area contributed by atoms with E-state index < -0.39 is 5.82 Å². The fraction of sp³-hybridized carbons (Fsp3) is 0.457. The number of pyridine rings is 2. The van der Waals surface area contributed by atoms with Gasteiger partial charge < -0.3 is 14.6 Å². The number of hydrogen-bond acceptors (Lipinski definition) is 5. The van der Waals surface area contributed by atoms with E-state index in [2.05, 4.69) is 16.0 Å². The lowest BCUT2D eigenvalue weighted by Crippen LogP contribution is -2.40. The zero-order valence-electron chi connectivity index (χ0n) is 25.0. The molecule has 0 radical (unpaired) electrons. The molecule has 44 heavy (non-hydrogen) atoms. The monoisotopic (exact) mass is 595 g/mol. The molecule has 0 unspecified atom stereocenters. The van der Waals surface area contributed by atoms with Crippen molar-refractivity contribution in [1.29, 1.82) is 0 Å². The number of amides is 1. The molecule has 228 valence electrons. The summed E-state index contributed by atoms with van der Waals surface area (Å²) < 4.78 is 21.7. The third-order valence-corrected chi connectivity index (χ3v) is 9.64. The van der Waals surface area contributed by atoms with Gasteiger partial charge in [0, 0.05) is 48.5 Å². The van der Waals surface area contributed by atoms with Crippen LogP contribution in [-0.4, -0.2) is 69.6 Å². The maximum Gasteiger partial charge on any atom is 0.280 e. The topological polar surface area (TPSA) is 83.5 Å². The van der Waals surface area contributed by atoms with Crippen molar-refractivity contribution >= 4 is 16.8 Å². The van der Waals surface area contributed by atoms with Crippen LogP contribution in [0.4, 0.5) is 4.39 Å². The number of morpholine rings is 1. The Bertz CT molecular complexity index is 1790. The molecule has 2 aliphatic heterocycles. The van der Waals surface area contributed by atoms with Crippen LogP contribution in [0.2, 0.25) is 0 Å². The van der Waals surface area contributed by atoms with Crippen molar-refractivity contribution in [2.75, 3.05) is 39.4 Å². The van der Waals surface area contributed by atoms with Crippen LogP contribution in [-0.2, 0) is 11.3 Å². The van der Waals surface area contributed by atoms with Crippen molar-refractivity contribution in [3.05, 3.63) is 81.3 Å². The molecule has 2 saturated carbocycles. The average molecular weight is 596 g/mol. The molecule has 3 aromatic heterocycles. The smallest absolute Gasteiger partial charge is 0.280 e. The van der Waals surface area contributed by atoms with Gasteiger partial charge in [0.15, 0.2) is 0 Å². The molecule has 5 heterocycles. The van der Waals surface area contributed by atoms with E-state index in [9.17, 15) is 14.0 Å². The number of aromatic amines is 1. The summed E-state index contributed by atoms with van der Waals surface area (Å²) >= 11 is 0. The quantitative estimate of drug-likeness (QED) is 0.295. The van der Waals surface area contributed by atoms with Gasteiger partial charge in [-0.1, -0.05) is 12.5 Å². The second kappa shape index (κ2) is 11.3. The maximum atomic E-state index is 14.6. The number of fused-ring (bicyclic) bond motifs is 1. The molecule has 2 aliphatic carbocycles. The Balaban J connectivity index is 1.24. The number of likely N-dealkylation sites (tertiary alicyclic amines) is 1. The first-order chi connectivity index (χ1) is 21.5. The number of nitrogens with one attached hydrogen (secondary N) is 1. The third-order valence-electron chi connectivity index (χ3n) is 9.64. The van der Waals surface area contributed by atoms with E-state index in [1.54, 1.807) is 15.5 Å². The Morgan fingerprint density at radius 3 is 2.48 bits per heavy atom. The van der Waals surface area contributed by atoms with Crippen LogP contribution >= 0.6 is 0 Å². The van der Waals surface area contributed by atoms with Gasteiger partial charge in [-0.15, -0.1) is 0 Å². The van der Waals surface area contributed by atoms with Gasteiger partial charge in [0.2, 0.25) is 0 Å². The number of carbonyl (C=O) groups is 1. The number of rotatable bonds is 7. The van der Waals surface area contributed by atoms with E-state index in [4.69, 9.17) is 9.72 Å². The van der Waals surface area contributed by atoms with Crippen molar-refractivity contribution < 1.29 is 13.9 Å². The largest absolute Gasteiger partial charge is 0.378 e. The molecule has 4 fully saturated rings. The number of piperidine rings is 1. The Morgan fingerprint density at radius 2 is 1.73 bits per heavy atom. The summed E-state index contributed by atoms with van der Waals surface area (Å²) in [5.41, 5.74) is 5.42. The highest BCUT2D eigenvalue weighted by Gasteiger charge is 2.31. The van der Waals surface area contributed by atoms with Crippen LogP contribution in [0.5, 0.6) is 0 Å². The number of halogens is 1. The number of hydrogen-bond donors (Lipinski definition) is 1. The predicted octanol–water partition coefficient (Wildman–Crippen LogP) is 5.73. The number of aromatic nitrogens is 3. The van der Waals surface area contributed by atoms with Crippen LogP contribution in [0.3, 0.4) is 0 Å². The second-order valence-corrected chi connectivity index (χ2v) is 13.0. The zero-order chi connectivity index (χ0) is 29.8. The Hall–Kier alpha value is -3.82. The standard InChI is InChI=1S/C35H38FN5O3/c36-25-8-9-27(29(18-25)34(42)40-12-14-44-15-13-40)24-16-31(23-6-7-23)38-32(17-24)41-21-30(22-4-5-22)28-19-26(37-33(28)35(41)43)20-39-10-2-1-3-11-39/h8-9,16-19,21-23,37H,1-7,10-15,20H2. The first kappa shape index (κ1) is 27.7. The number of nitrogens with zero attached hydrogens (tertiary/aromatic N) is 4. The van der Waals surface area contributed by atoms with Crippen LogP contribution < -0.4 is 5.56 Å². The molecule has 1 amide bonds. The molecule has 8 nitrogen and oxygen atoms in total. The molecule has 0 atom stereocenters. The molecule has 8 rings (SSSR count). The molecule has 0 bridgehead atoms. The minimum atomic E-state index is -0.454. The van der Waals surface area contributed by atoms with Crippen molar-refractivity contribution in [2.45, 2.75) is 63.3 Å². The molecule has 4 aliphatic rings. The highest BCUT2D eigenvalue weighted by molar-refractivity contribution is 6.01. The number of H-pyrrole nitrogens is 1. The maximum absolute atomic E-state index is 14.6. The number of ether oxygens (including phenoxy) is 1. The molecule has 9 heteroatoms. The van der Waals surface area contributed by atoms with E-state index >= 15 is 0 Å². The summed E-state index contributed by atoms with van der Waals surface area (Å²) in [6, 6.07) is 10.5. The Labute approximate surface area is 255 Å². The van der Waals surface area contributed by atoms with Gasteiger partial charge in [0.1, 0.15) is 17.2 Å². The average Bonchev–Trinajstić information content (AvgIpc) is 3.99. The SMILES string of the molecule is O=C(c1cc(F)ccc1-c1cc(C2CC2)nc(-n2cc(C3CC3)c3cc(CN4CCCCC4)[nH]c3c2=O)c1)N1CCOCC1. The minimum Gasteiger partial charge on any atom is -0.378 e. The fourth-order valence-electron chi connectivity index (χ4n) is 6.91. The third kappa shape index (κ3) is 5.37. The van der Waals surface area contributed by atoms with E-state index in [-0.39, 0.29) is 11.5 Å². The second-order valence-electron chi connectivity index (χ2n) is 13.0. The minimum absolute atomic E-state index is 0.121. The van der Waals surface area contributed by atoms with Gasteiger partial charge in [0.05, 0.1) is 18.8 Å². The lowest BCUT2D eigenvalue weighted by molar-refractivity contribution is 0.0303. The van der Waals surface area contributed by atoms with E-state index in [1.165, 1.54) is 37.0 Å². The molecule has 4 aromatic rings. The predicted molar refractivity (Wildman–Crippen MR) is 167 cm³/mol. The van der Waals surface area contributed by atoms with Gasteiger partial charge >= 0.3 is 0 Å². The van der Waals surface area contributed by atoms with E-state index in [0.717, 1.165) is 67.7 Å². The molecule has 1 N–H and O–H groups in total. The first-order valence-corrected chi connectivity index (χ1v) is 16.2. The molecular weight excluding hydrogens is 557 g/mol. The summed E-state index contributed by atoms with van der Waals surface area (Å²) in [6.07, 6.45) is 10.0. The molecule has 0 spiro atoms. The molecular formula is C35H38FN5O3. The van der Waals surface area contributed by atoms with Gasteiger partial charge in [-0.2, -0.15) is 0 Å². The lowest BCUT2D eigenvalue weighted by Gasteiger charge is -2.27. The van der Waals surface area contributed by atoms with Gasteiger partial charge in [-0.05, 0) is 105 Å². The Morgan fingerprint density at radius 1 is 0.955 bits per heavy atom. The summed E-state index contributed by atoms with van der Waals surface area (Å²) in [5.74, 6) is 0.626. The van der Waals surface area contributed by atoms with E-state index in [1.807, 2.05) is 18.3 Å². The Kier molecular flexibility index (Phi) is 7.10. The van der Waals surface area contributed by atoms with Crippen LogP contribution in [0.15, 0.2) is 47.4 Å². The normalized spacial score (nSPS) is 19.5. The van der Waals surface area contributed by atoms with Crippen LogP contribution in [0.1, 0.15) is 84.1 Å². The van der Waals surface area contributed by atoms with Crippen molar-refractivity contribution in [2.24, 2.45) is 0 Å². The molecule has 2 saturated heterocycles. The van der Waals surface area contributed by atoms with Crippen molar-refractivity contribution in [3.8, 4) is 16.9 Å². The fourth-order valence-corrected chi connectivity index (χ4v) is 6.91. The lowest BCUT2D eigenvalue weighted by atomic mass is 9.97. The van der Waals surface area contributed by atoms with Gasteiger partial charge in [-0.3, -0.25) is 19.1 Å². The van der Waals surface area contributed by atoms with Crippen LogP contribution in [0.25, 0.3) is 27.8 Å². The summed E-state index contributed by atoms with van der Waals surface area (Å²) in [4.78, 5) is 40.5. The van der Waals surface area contributed by atoms with Crippen molar-refractivity contribution in [3.63, 3.8) is 0 Å².